The third-order valence-electron chi connectivity index (χ3n) is 2.57. The molecule has 0 radical (unpaired) electrons. The predicted octanol–water partition coefficient (Wildman–Crippen LogP) is 3.61. The smallest absolute Gasteiger partial charge is 0.323 e. The Balaban J connectivity index is 2.88. The monoisotopic (exact) mass is 319 g/mol. The summed E-state index contributed by atoms with van der Waals surface area (Å²) in [5.41, 5.74) is 2.54. The molecule has 0 spiro atoms. The van der Waals surface area contributed by atoms with E-state index in [1.165, 1.54) is 0 Å². The van der Waals surface area contributed by atoms with Crippen LogP contribution in [0.3, 0.4) is 0 Å². The summed E-state index contributed by atoms with van der Waals surface area (Å²) in [5, 5.41) is 0.569. The van der Waals surface area contributed by atoms with Gasteiger partial charge < -0.3 is 5.43 Å². The molecular weight excluding hydrogens is 311 g/mol. The maximum absolute atomic E-state index is 12.7. The first-order valence-corrected chi connectivity index (χ1v) is 5.77. The van der Waals surface area contributed by atoms with Crippen LogP contribution in [-0.4, -0.2) is 4.98 Å². The average molecular weight is 320 g/mol. The van der Waals surface area contributed by atoms with Gasteiger partial charge in [0.15, 0.2) is 0 Å². The number of rotatable bonds is 1. The van der Waals surface area contributed by atoms with Crippen molar-refractivity contribution in [1.82, 2.24) is 4.98 Å². The summed E-state index contributed by atoms with van der Waals surface area (Å²) in [4.78, 5) is 3.65. The molecule has 0 bridgehead atoms. The molecule has 0 saturated heterocycles. The number of fused-ring (bicyclic) bond motifs is 1. The van der Waals surface area contributed by atoms with Crippen molar-refractivity contribution in [3.05, 3.63) is 33.9 Å². The number of nitrogens with zero attached hydrogens (tertiary/aromatic N) is 1. The number of nitrogens with one attached hydrogen (secondary N) is 1. The molecule has 2 aromatic rings. The minimum absolute atomic E-state index is 0.200. The van der Waals surface area contributed by atoms with E-state index >= 15 is 0 Å². The Labute approximate surface area is 109 Å². The second-order valence-electron chi connectivity index (χ2n) is 3.79. The van der Waals surface area contributed by atoms with Gasteiger partial charge in [-0.15, -0.1) is 0 Å². The van der Waals surface area contributed by atoms with Gasteiger partial charge in [-0.25, -0.2) is 4.98 Å². The van der Waals surface area contributed by atoms with E-state index < -0.39 is 11.9 Å². The molecule has 1 heterocycles. The highest BCUT2D eigenvalue weighted by molar-refractivity contribution is 9.10. The second-order valence-corrected chi connectivity index (χ2v) is 4.64. The minimum atomic E-state index is -4.51. The summed E-state index contributed by atoms with van der Waals surface area (Å²) < 4.78 is 38.6. The molecule has 3 nitrogen and oxygen atoms in total. The Morgan fingerprint density at radius 3 is 2.56 bits per heavy atom. The first kappa shape index (κ1) is 13.1. The van der Waals surface area contributed by atoms with Crippen molar-refractivity contribution in [1.29, 1.82) is 0 Å². The van der Waals surface area contributed by atoms with Crippen LogP contribution in [0.1, 0.15) is 11.3 Å². The van der Waals surface area contributed by atoms with Crippen molar-refractivity contribution < 1.29 is 13.2 Å². The maximum atomic E-state index is 12.7. The number of alkyl halides is 3. The first-order valence-electron chi connectivity index (χ1n) is 4.98. The molecular formula is C11H9BrF3N3. The molecule has 1 aromatic heterocycles. The number of benzene rings is 1. The number of aryl methyl sites for hydroxylation is 1. The van der Waals surface area contributed by atoms with E-state index in [0.29, 0.717) is 9.86 Å². The van der Waals surface area contributed by atoms with Crippen molar-refractivity contribution in [2.75, 3.05) is 5.43 Å². The van der Waals surface area contributed by atoms with E-state index in [-0.39, 0.29) is 11.2 Å². The third kappa shape index (κ3) is 2.15. The third-order valence-corrected chi connectivity index (χ3v) is 3.21. The van der Waals surface area contributed by atoms with Gasteiger partial charge in [-0.3, -0.25) is 5.84 Å². The molecule has 0 fully saturated rings. The highest BCUT2D eigenvalue weighted by atomic mass is 79.9. The summed E-state index contributed by atoms with van der Waals surface area (Å²) in [5.74, 6) is 5.29. The lowest BCUT2D eigenvalue weighted by Gasteiger charge is -2.13. The summed E-state index contributed by atoms with van der Waals surface area (Å²) in [6.45, 7) is 1.78. The molecule has 0 saturated carbocycles. The molecule has 96 valence electrons. The van der Waals surface area contributed by atoms with Crippen LogP contribution >= 0.6 is 15.9 Å². The Kier molecular flexibility index (Phi) is 3.20. The number of nitrogens with two attached hydrogens (primary N) is 1. The van der Waals surface area contributed by atoms with Crippen LogP contribution in [0.5, 0.6) is 0 Å². The number of aromatic nitrogens is 1. The summed E-state index contributed by atoms with van der Waals surface area (Å²) >= 11 is 3.20. The zero-order valence-corrected chi connectivity index (χ0v) is 10.9. The van der Waals surface area contributed by atoms with Crippen LogP contribution in [0, 0.1) is 6.92 Å². The number of halogens is 4. The van der Waals surface area contributed by atoms with Gasteiger partial charge >= 0.3 is 6.18 Å². The molecule has 0 unspecified atom stereocenters. The first-order chi connectivity index (χ1) is 8.34. The SMILES string of the molecule is Cc1ccc(Br)c2nc(C(F)(F)F)cc(NN)c12. The fourth-order valence-corrected chi connectivity index (χ4v) is 2.16. The Bertz CT molecular complexity index is 610. The molecule has 0 aliphatic heterocycles. The number of pyridine rings is 1. The average Bonchev–Trinajstić information content (AvgIpc) is 2.31. The van der Waals surface area contributed by atoms with Crippen LogP contribution in [-0.2, 0) is 6.18 Å². The van der Waals surface area contributed by atoms with E-state index in [2.05, 4.69) is 26.3 Å². The van der Waals surface area contributed by atoms with Crippen molar-refractivity contribution >= 4 is 32.5 Å². The van der Waals surface area contributed by atoms with Gasteiger partial charge in [-0.05, 0) is 40.5 Å². The lowest BCUT2D eigenvalue weighted by molar-refractivity contribution is -0.140. The largest absolute Gasteiger partial charge is 0.433 e. The highest BCUT2D eigenvalue weighted by Gasteiger charge is 2.33. The molecule has 0 atom stereocenters. The number of nitrogen functional groups attached to an aromatic ring is 1. The Hall–Kier alpha value is -1.34. The van der Waals surface area contributed by atoms with E-state index in [4.69, 9.17) is 5.84 Å². The van der Waals surface area contributed by atoms with E-state index in [1.807, 2.05) is 0 Å². The number of anilines is 1. The Morgan fingerprint density at radius 2 is 2.00 bits per heavy atom. The normalized spacial score (nSPS) is 11.9. The number of hydrazine groups is 1. The highest BCUT2D eigenvalue weighted by Crippen LogP contribution is 2.36. The van der Waals surface area contributed by atoms with E-state index in [0.717, 1.165) is 11.6 Å². The molecule has 18 heavy (non-hydrogen) atoms. The van der Waals surface area contributed by atoms with Gasteiger partial charge in [0.2, 0.25) is 0 Å². The molecule has 0 aliphatic carbocycles. The predicted molar refractivity (Wildman–Crippen MR) is 67.0 cm³/mol. The summed E-state index contributed by atoms with van der Waals surface area (Å²) in [6, 6.07) is 4.34. The number of hydrogen-bond donors (Lipinski definition) is 2. The standard InChI is InChI=1S/C11H9BrF3N3/c1-5-2-3-6(12)10-9(5)7(18-16)4-8(17-10)11(13,14)15/h2-4H,16H2,1H3,(H,17,18). The van der Waals surface area contributed by atoms with Crippen LogP contribution in [0.4, 0.5) is 18.9 Å². The van der Waals surface area contributed by atoms with Crippen molar-refractivity contribution in [2.45, 2.75) is 13.1 Å². The fourth-order valence-electron chi connectivity index (χ4n) is 1.74. The lowest BCUT2D eigenvalue weighted by atomic mass is 10.1. The van der Waals surface area contributed by atoms with Gasteiger partial charge in [0, 0.05) is 9.86 Å². The van der Waals surface area contributed by atoms with Crippen LogP contribution < -0.4 is 11.3 Å². The van der Waals surface area contributed by atoms with E-state index in [9.17, 15) is 13.2 Å². The molecule has 0 amide bonds. The molecule has 7 heteroatoms. The number of hydrogen-bond acceptors (Lipinski definition) is 3. The Morgan fingerprint density at radius 1 is 1.33 bits per heavy atom. The van der Waals surface area contributed by atoms with Crippen LogP contribution in [0.25, 0.3) is 10.9 Å². The molecule has 0 aliphatic rings. The zero-order valence-electron chi connectivity index (χ0n) is 9.27. The zero-order chi connectivity index (χ0) is 13.5. The second kappa shape index (κ2) is 4.40. The van der Waals surface area contributed by atoms with Gasteiger partial charge in [-0.2, -0.15) is 13.2 Å². The van der Waals surface area contributed by atoms with Gasteiger partial charge in [-0.1, -0.05) is 6.07 Å². The van der Waals surface area contributed by atoms with Crippen LogP contribution in [0.15, 0.2) is 22.7 Å². The van der Waals surface area contributed by atoms with Crippen molar-refractivity contribution in [3.63, 3.8) is 0 Å². The fraction of sp³-hybridized carbons (Fsp3) is 0.182. The van der Waals surface area contributed by atoms with Gasteiger partial charge in [0.25, 0.3) is 0 Å². The molecule has 2 rings (SSSR count). The molecule has 1 aromatic carbocycles. The summed E-state index contributed by atoms with van der Waals surface area (Å²) in [7, 11) is 0. The minimum Gasteiger partial charge on any atom is -0.323 e. The van der Waals surface area contributed by atoms with Gasteiger partial charge in [0.1, 0.15) is 5.69 Å². The quantitative estimate of drug-likeness (QED) is 0.623. The lowest BCUT2D eigenvalue weighted by Crippen LogP contribution is -2.13. The van der Waals surface area contributed by atoms with Crippen molar-refractivity contribution in [2.24, 2.45) is 5.84 Å². The van der Waals surface area contributed by atoms with Crippen molar-refractivity contribution in [3.8, 4) is 0 Å². The van der Waals surface area contributed by atoms with E-state index in [1.54, 1.807) is 19.1 Å². The maximum Gasteiger partial charge on any atom is 0.433 e. The summed E-state index contributed by atoms with van der Waals surface area (Å²) in [6.07, 6.45) is -4.51. The van der Waals surface area contributed by atoms with Crippen LogP contribution in [0.2, 0.25) is 0 Å². The molecule has 3 N–H and O–H groups in total. The topological polar surface area (TPSA) is 50.9 Å². The van der Waals surface area contributed by atoms with Gasteiger partial charge in [0.05, 0.1) is 11.2 Å².